The third kappa shape index (κ3) is 5.23. The van der Waals surface area contributed by atoms with E-state index in [4.69, 9.17) is 0 Å². The van der Waals surface area contributed by atoms with Crippen LogP contribution in [0.3, 0.4) is 0 Å². The molecule has 0 atom stereocenters. The minimum absolute atomic E-state index is 0.132. The van der Waals surface area contributed by atoms with Crippen molar-refractivity contribution in [3.63, 3.8) is 0 Å². The molecule has 7 nitrogen and oxygen atoms in total. The first kappa shape index (κ1) is 19.6. The zero-order valence-electron chi connectivity index (χ0n) is 17.1. The van der Waals surface area contributed by atoms with Crippen LogP contribution >= 0.6 is 0 Å². The van der Waals surface area contributed by atoms with Crippen molar-refractivity contribution in [2.75, 3.05) is 43.4 Å². The molecule has 2 heterocycles. The highest BCUT2D eigenvalue weighted by atomic mass is 16.1. The summed E-state index contributed by atoms with van der Waals surface area (Å²) in [7, 11) is 2.16. The lowest BCUT2D eigenvalue weighted by Gasteiger charge is -2.34. The number of carbonyl (C=O) groups is 1. The van der Waals surface area contributed by atoms with Gasteiger partial charge in [0.1, 0.15) is 11.5 Å². The van der Waals surface area contributed by atoms with Gasteiger partial charge < -0.3 is 20.4 Å². The molecular weight excluding hydrogens is 364 g/mol. The number of amides is 1. The van der Waals surface area contributed by atoms with E-state index in [0.29, 0.717) is 11.5 Å². The average molecular weight is 395 g/mol. The summed E-state index contributed by atoms with van der Waals surface area (Å²) in [6.45, 7) is 4.30. The van der Waals surface area contributed by atoms with Gasteiger partial charge in [0.05, 0.1) is 12.4 Å². The maximum Gasteiger partial charge on any atom is 0.271 e. The van der Waals surface area contributed by atoms with Gasteiger partial charge in [-0.2, -0.15) is 0 Å². The number of carbonyl (C=O) groups excluding carboxylic acids is 1. The molecule has 0 unspecified atom stereocenters. The Morgan fingerprint density at radius 2 is 1.69 bits per heavy atom. The molecule has 1 saturated heterocycles. The van der Waals surface area contributed by atoms with Crippen LogP contribution in [0.2, 0.25) is 0 Å². The van der Waals surface area contributed by atoms with Crippen LogP contribution in [0.5, 0.6) is 0 Å². The van der Waals surface area contributed by atoms with Crippen LogP contribution in [0, 0.1) is 0 Å². The molecule has 1 aromatic heterocycles. The van der Waals surface area contributed by atoms with E-state index in [2.05, 4.69) is 61.7 Å². The van der Waals surface area contributed by atoms with Gasteiger partial charge in [0.15, 0.2) is 0 Å². The van der Waals surface area contributed by atoms with E-state index in [1.807, 2.05) is 0 Å². The Kier molecular flexibility index (Phi) is 6.24. The van der Waals surface area contributed by atoms with Gasteiger partial charge in [-0.15, -0.1) is 0 Å². The Morgan fingerprint density at radius 1 is 0.966 bits per heavy atom. The highest BCUT2D eigenvalue weighted by Gasteiger charge is 2.18. The van der Waals surface area contributed by atoms with Crippen LogP contribution < -0.4 is 15.5 Å². The molecule has 7 heteroatoms. The van der Waals surface area contributed by atoms with Crippen LogP contribution in [0.15, 0.2) is 36.7 Å². The minimum Gasteiger partial charge on any atom is -0.369 e. The molecule has 2 fully saturated rings. The minimum atomic E-state index is -0.132. The number of nitrogens with zero attached hydrogens (tertiary/aromatic N) is 4. The second kappa shape index (κ2) is 9.22. The smallest absolute Gasteiger partial charge is 0.271 e. The van der Waals surface area contributed by atoms with Gasteiger partial charge in [-0.3, -0.25) is 4.79 Å². The number of piperazine rings is 1. The van der Waals surface area contributed by atoms with Gasteiger partial charge in [-0.05, 0) is 44.2 Å². The van der Waals surface area contributed by atoms with Crippen LogP contribution in [0.25, 0.3) is 0 Å². The fourth-order valence-corrected chi connectivity index (χ4v) is 3.98. The lowest BCUT2D eigenvalue weighted by atomic mass is 9.95. The van der Waals surface area contributed by atoms with Gasteiger partial charge in [0, 0.05) is 43.6 Å². The highest BCUT2D eigenvalue weighted by molar-refractivity contribution is 5.92. The Bertz CT molecular complexity index is 793. The van der Waals surface area contributed by atoms with Crippen molar-refractivity contribution in [2.45, 2.75) is 38.1 Å². The SMILES string of the molecule is CN1CCN(c2ccc(Nc3cnc(C(=O)NC4CCCCC4)cn3)cc2)CC1. The Hall–Kier alpha value is -2.67. The Labute approximate surface area is 172 Å². The van der Waals surface area contributed by atoms with Crippen molar-refractivity contribution in [3.8, 4) is 0 Å². The van der Waals surface area contributed by atoms with Crippen molar-refractivity contribution in [1.29, 1.82) is 0 Å². The summed E-state index contributed by atoms with van der Waals surface area (Å²) in [5, 5.41) is 6.33. The third-order valence-electron chi connectivity index (χ3n) is 5.83. The molecule has 1 aliphatic heterocycles. The molecule has 154 valence electrons. The fourth-order valence-electron chi connectivity index (χ4n) is 3.98. The third-order valence-corrected chi connectivity index (χ3v) is 5.83. The van der Waals surface area contributed by atoms with Gasteiger partial charge in [0.2, 0.25) is 0 Å². The lowest BCUT2D eigenvalue weighted by Crippen LogP contribution is -2.44. The molecule has 4 rings (SSSR count). The van der Waals surface area contributed by atoms with E-state index in [1.165, 1.54) is 24.9 Å². The van der Waals surface area contributed by atoms with Crippen LogP contribution in [0.1, 0.15) is 42.6 Å². The summed E-state index contributed by atoms with van der Waals surface area (Å²) >= 11 is 0. The number of aromatic nitrogens is 2. The summed E-state index contributed by atoms with van der Waals surface area (Å²) in [5.74, 6) is 0.499. The Balaban J connectivity index is 1.32. The molecule has 2 N–H and O–H groups in total. The number of nitrogens with one attached hydrogen (secondary N) is 2. The molecule has 0 radical (unpaired) electrons. The highest BCUT2D eigenvalue weighted by Crippen LogP contribution is 2.21. The number of hydrogen-bond acceptors (Lipinski definition) is 6. The molecule has 29 heavy (non-hydrogen) atoms. The molecule has 0 spiro atoms. The number of hydrogen-bond donors (Lipinski definition) is 2. The number of likely N-dealkylation sites (N-methyl/N-ethyl adjacent to an activating group) is 1. The standard InChI is InChI=1S/C22H30N6O/c1-27-11-13-28(14-12-27)19-9-7-18(8-10-19)25-21-16-23-20(15-24-21)22(29)26-17-5-3-2-4-6-17/h7-10,15-17H,2-6,11-14H2,1H3,(H,24,25)(H,26,29). The summed E-state index contributed by atoms with van der Waals surface area (Å²) in [6.07, 6.45) is 8.91. The quantitative estimate of drug-likeness (QED) is 0.812. The lowest BCUT2D eigenvalue weighted by molar-refractivity contribution is 0.0922. The number of rotatable bonds is 5. The Morgan fingerprint density at radius 3 is 2.34 bits per heavy atom. The fraction of sp³-hybridized carbons (Fsp3) is 0.500. The number of anilines is 3. The van der Waals surface area contributed by atoms with E-state index in [1.54, 1.807) is 12.4 Å². The first-order chi connectivity index (χ1) is 14.2. The van der Waals surface area contributed by atoms with E-state index < -0.39 is 0 Å². The van der Waals surface area contributed by atoms with Crippen LogP contribution in [-0.2, 0) is 0 Å². The van der Waals surface area contributed by atoms with Crippen molar-refractivity contribution < 1.29 is 4.79 Å². The van der Waals surface area contributed by atoms with Crippen molar-refractivity contribution in [2.24, 2.45) is 0 Å². The van der Waals surface area contributed by atoms with Crippen LogP contribution in [0.4, 0.5) is 17.2 Å². The maximum atomic E-state index is 12.3. The maximum absolute atomic E-state index is 12.3. The molecule has 1 saturated carbocycles. The first-order valence-electron chi connectivity index (χ1n) is 10.6. The zero-order chi connectivity index (χ0) is 20.1. The van der Waals surface area contributed by atoms with Gasteiger partial charge in [-0.1, -0.05) is 19.3 Å². The van der Waals surface area contributed by atoms with Crippen molar-refractivity contribution >= 4 is 23.1 Å². The molecule has 1 aliphatic carbocycles. The largest absolute Gasteiger partial charge is 0.369 e. The molecular formula is C22H30N6O. The predicted molar refractivity (Wildman–Crippen MR) is 116 cm³/mol. The molecule has 1 amide bonds. The summed E-state index contributed by atoms with van der Waals surface area (Å²) in [5.41, 5.74) is 2.56. The first-order valence-corrected chi connectivity index (χ1v) is 10.6. The topological polar surface area (TPSA) is 73.4 Å². The molecule has 0 bridgehead atoms. The van der Waals surface area contributed by atoms with E-state index in [0.717, 1.165) is 44.7 Å². The van der Waals surface area contributed by atoms with Gasteiger partial charge in [0.25, 0.3) is 5.91 Å². The van der Waals surface area contributed by atoms with E-state index in [-0.39, 0.29) is 11.9 Å². The zero-order valence-corrected chi connectivity index (χ0v) is 17.1. The van der Waals surface area contributed by atoms with Crippen LogP contribution in [-0.4, -0.2) is 60.0 Å². The monoisotopic (exact) mass is 394 g/mol. The summed E-state index contributed by atoms with van der Waals surface area (Å²) in [4.78, 5) is 25.8. The molecule has 2 aromatic rings. The van der Waals surface area contributed by atoms with Gasteiger partial charge in [-0.25, -0.2) is 9.97 Å². The average Bonchev–Trinajstić information content (AvgIpc) is 2.76. The second-order valence-electron chi connectivity index (χ2n) is 8.06. The van der Waals surface area contributed by atoms with E-state index >= 15 is 0 Å². The van der Waals surface area contributed by atoms with Crippen molar-refractivity contribution in [1.82, 2.24) is 20.2 Å². The second-order valence-corrected chi connectivity index (χ2v) is 8.06. The normalized spacial score (nSPS) is 18.4. The van der Waals surface area contributed by atoms with Gasteiger partial charge >= 0.3 is 0 Å². The molecule has 1 aromatic carbocycles. The van der Waals surface area contributed by atoms with E-state index in [9.17, 15) is 4.79 Å². The summed E-state index contributed by atoms with van der Waals surface area (Å²) < 4.78 is 0. The molecule has 2 aliphatic rings. The van der Waals surface area contributed by atoms with Crippen molar-refractivity contribution in [3.05, 3.63) is 42.4 Å². The predicted octanol–water partition coefficient (Wildman–Crippen LogP) is 3.03. The number of benzene rings is 1. The summed E-state index contributed by atoms with van der Waals surface area (Å²) in [6, 6.07) is 8.65.